The summed E-state index contributed by atoms with van der Waals surface area (Å²) in [7, 11) is 0. The molecule has 1 aliphatic rings. The van der Waals surface area contributed by atoms with Crippen molar-refractivity contribution in [3.8, 4) is 5.88 Å². The van der Waals surface area contributed by atoms with E-state index in [0.29, 0.717) is 24.2 Å². The first kappa shape index (κ1) is 34.6. The van der Waals surface area contributed by atoms with Crippen LogP contribution in [0.4, 0.5) is 0 Å². The lowest BCUT2D eigenvalue weighted by molar-refractivity contribution is -0.254. The van der Waals surface area contributed by atoms with Crippen molar-refractivity contribution in [3.05, 3.63) is 86.6 Å². The molecule has 6 N–H and O–H groups in total. The third kappa shape index (κ3) is 8.21. The van der Waals surface area contributed by atoms with Gasteiger partial charge >= 0.3 is 5.97 Å². The number of aliphatic hydroxyl groups is 4. The van der Waals surface area contributed by atoms with E-state index >= 15 is 0 Å². The molecule has 4 heterocycles. The Morgan fingerprint density at radius 1 is 1.10 bits per heavy atom. The Hall–Kier alpha value is -4.74. The van der Waals surface area contributed by atoms with E-state index in [1.54, 1.807) is 18.5 Å². The summed E-state index contributed by atoms with van der Waals surface area (Å²) in [6.07, 6.45) is 0.184. The van der Waals surface area contributed by atoms with Gasteiger partial charge in [-0.3, -0.25) is 9.59 Å². The number of carbonyl (C=O) groups excluding carboxylic acids is 1. The number of aromatic amines is 2. The average Bonchev–Trinajstić information content (AvgIpc) is 3.73. The number of nitrogens with one attached hydrogen (secondary N) is 2. The van der Waals surface area contributed by atoms with Crippen molar-refractivity contribution in [1.82, 2.24) is 34.9 Å². The van der Waals surface area contributed by atoms with E-state index in [1.165, 1.54) is 10.9 Å². The lowest BCUT2D eigenvalue weighted by atomic mass is 9.90. The summed E-state index contributed by atoms with van der Waals surface area (Å²) in [5, 5.41) is 48.0. The molecule has 1 saturated heterocycles. The number of H-pyrrole nitrogens is 2. The Bertz CT molecular complexity index is 1860. The van der Waals surface area contributed by atoms with Gasteiger partial charge in [-0.2, -0.15) is 0 Å². The Balaban J connectivity index is 1.23. The molecule has 0 spiro atoms. The topological polar surface area (TPSA) is 231 Å². The van der Waals surface area contributed by atoms with Gasteiger partial charge in [-0.25, -0.2) is 14.6 Å². The van der Waals surface area contributed by atoms with Crippen LogP contribution in [-0.2, 0) is 26.1 Å². The van der Waals surface area contributed by atoms with E-state index < -0.39 is 55.6 Å². The molecule has 0 radical (unpaired) electrons. The number of nitrogens with zero attached hydrogens (tertiary/aromatic N) is 5. The van der Waals surface area contributed by atoms with Gasteiger partial charge in [0.15, 0.2) is 6.23 Å². The molecule has 5 rings (SSSR count). The third-order valence-electron chi connectivity index (χ3n) is 7.65. The highest BCUT2D eigenvalue weighted by Crippen LogP contribution is 2.28. The quantitative estimate of drug-likeness (QED) is 0.0828. The van der Waals surface area contributed by atoms with Gasteiger partial charge in [0.05, 0.1) is 30.5 Å². The van der Waals surface area contributed by atoms with Crippen LogP contribution in [0.2, 0.25) is 0 Å². The molecule has 16 nitrogen and oxygen atoms in total. The Morgan fingerprint density at radius 2 is 1.88 bits per heavy atom. The van der Waals surface area contributed by atoms with Crippen LogP contribution in [0.3, 0.4) is 0 Å². The molecule has 1 aliphatic heterocycles. The van der Waals surface area contributed by atoms with E-state index in [2.05, 4.69) is 30.2 Å². The summed E-state index contributed by atoms with van der Waals surface area (Å²) < 4.78 is 17.7. The standard InChI is InChI=1S/C32H39N7O9/c1-32(2,3)28-20(33-16-34-28)13-22-30(36-21(29(45)35-22)12-18-8-5-4-6-9-18)47-17-46-24(41)11-7-10-19-14-39(38-37-19)31-27(44)26(43)25(42)23(15-40)48-31/h4-6,8-9,12-14,16,23,25-27,31,40,42-44H,7,10-11,15,17H2,1-3H3,(H,33,34)(H,35,45)/b21-12-,22-13-/t23-,25-,26+,27-,31+/m1/s1. The lowest BCUT2D eigenvalue weighted by Gasteiger charge is -2.39. The number of carbonyl (C=O) groups is 1. The van der Waals surface area contributed by atoms with Gasteiger partial charge in [0.1, 0.15) is 35.1 Å². The van der Waals surface area contributed by atoms with Crippen LogP contribution in [0.1, 0.15) is 62.5 Å². The average molecular weight is 666 g/mol. The molecule has 0 aliphatic carbocycles. The minimum atomic E-state index is -1.55. The monoisotopic (exact) mass is 665 g/mol. The summed E-state index contributed by atoms with van der Waals surface area (Å²) in [6.45, 7) is 5.04. The van der Waals surface area contributed by atoms with E-state index in [0.717, 1.165) is 11.3 Å². The van der Waals surface area contributed by atoms with E-state index in [-0.39, 0.29) is 28.4 Å². The van der Waals surface area contributed by atoms with Gasteiger partial charge < -0.3 is 44.6 Å². The maximum absolute atomic E-state index is 13.0. The number of aliphatic hydroxyl groups excluding tert-OH is 4. The first-order valence-electron chi connectivity index (χ1n) is 15.4. The maximum atomic E-state index is 13.0. The first-order chi connectivity index (χ1) is 22.9. The molecule has 1 aromatic carbocycles. The molecule has 0 bridgehead atoms. The third-order valence-corrected chi connectivity index (χ3v) is 7.65. The van der Waals surface area contributed by atoms with Crippen LogP contribution in [0.5, 0.6) is 5.88 Å². The summed E-state index contributed by atoms with van der Waals surface area (Å²) >= 11 is 0. The summed E-state index contributed by atoms with van der Waals surface area (Å²) in [6, 6.07) is 9.21. The van der Waals surface area contributed by atoms with Crippen LogP contribution in [-0.4, -0.2) is 99.1 Å². The molecule has 1 fully saturated rings. The molecule has 256 valence electrons. The molecule has 16 heteroatoms. The predicted molar refractivity (Wildman–Crippen MR) is 169 cm³/mol. The molecular formula is C32H39N7O9. The van der Waals surface area contributed by atoms with Gasteiger partial charge in [-0.15, -0.1) is 5.10 Å². The number of aromatic nitrogens is 7. The summed E-state index contributed by atoms with van der Waals surface area (Å²) in [5.41, 5.74) is 1.97. The second-order valence-electron chi connectivity index (χ2n) is 12.3. The lowest BCUT2D eigenvalue weighted by Crippen LogP contribution is -2.56. The molecule has 3 aromatic heterocycles. The fraction of sp³-hybridized carbons (Fsp3) is 0.438. The number of esters is 1. The fourth-order valence-corrected chi connectivity index (χ4v) is 5.11. The fourth-order valence-electron chi connectivity index (χ4n) is 5.11. The van der Waals surface area contributed by atoms with Crippen LogP contribution in [0.25, 0.3) is 12.2 Å². The first-order valence-corrected chi connectivity index (χ1v) is 15.4. The number of imidazole rings is 1. The number of rotatable bonds is 11. The van der Waals surface area contributed by atoms with Crippen molar-refractivity contribution in [2.24, 2.45) is 0 Å². The van der Waals surface area contributed by atoms with Crippen molar-refractivity contribution in [1.29, 1.82) is 0 Å². The Kier molecular flexibility index (Phi) is 10.8. The van der Waals surface area contributed by atoms with E-state index in [9.17, 15) is 30.0 Å². The highest BCUT2D eigenvalue weighted by atomic mass is 16.7. The van der Waals surface area contributed by atoms with Crippen molar-refractivity contribution < 1.29 is 39.4 Å². The van der Waals surface area contributed by atoms with Gasteiger partial charge in [-0.05, 0) is 30.6 Å². The van der Waals surface area contributed by atoms with E-state index in [4.69, 9.17) is 14.2 Å². The van der Waals surface area contributed by atoms with Crippen LogP contribution >= 0.6 is 0 Å². The van der Waals surface area contributed by atoms with Gasteiger partial charge in [0, 0.05) is 17.5 Å². The highest BCUT2D eigenvalue weighted by molar-refractivity contribution is 5.69. The van der Waals surface area contributed by atoms with Crippen LogP contribution < -0.4 is 21.0 Å². The molecule has 0 amide bonds. The molecule has 48 heavy (non-hydrogen) atoms. The predicted octanol–water partition coefficient (Wildman–Crippen LogP) is -1.09. The van der Waals surface area contributed by atoms with Gasteiger partial charge in [0.25, 0.3) is 5.56 Å². The molecular weight excluding hydrogens is 626 g/mol. The number of hydrogen-bond acceptors (Lipinski definition) is 13. The van der Waals surface area contributed by atoms with Crippen molar-refractivity contribution in [2.75, 3.05) is 13.4 Å². The zero-order valence-corrected chi connectivity index (χ0v) is 26.7. The molecule has 4 aromatic rings. The van der Waals surface area contributed by atoms with Gasteiger partial charge in [0.2, 0.25) is 12.7 Å². The van der Waals surface area contributed by atoms with Crippen molar-refractivity contribution in [3.63, 3.8) is 0 Å². The number of aryl methyl sites for hydroxylation is 1. The smallest absolute Gasteiger partial charge is 0.308 e. The minimum Gasteiger partial charge on any atom is -0.438 e. The van der Waals surface area contributed by atoms with Crippen molar-refractivity contribution >= 4 is 18.1 Å². The zero-order chi connectivity index (χ0) is 34.4. The number of hydrogen-bond donors (Lipinski definition) is 6. The second-order valence-corrected chi connectivity index (χ2v) is 12.3. The molecule has 5 atom stereocenters. The van der Waals surface area contributed by atoms with Gasteiger partial charge in [-0.1, -0.05) is 56.3 Å². The number of ether oxygens (including phenoxy) is 3. The van der Waals surface area contributed by atoms with Crippen LogP contribution in [0, 0.1) is 0 Å². The largest absolute Gasteiger partial charge is 0.438 e. The minimum absolute atomic E-state index is 0.0174. The summed E-state index contributed by atoms with van der Waals surface area (Å²) in [5.74, 6) is -0.512. The molecule has 0 unspecified atom stereocenters. The van der Waals surface area contributed by atoms with Crippen molar-refractivity contribution in [2.45, 2.75) is 76.1 Å². The van der Waals surface area contributed by atoms with E-state index in [1.807, 2.05) is 51.1 Å². The second kappa shape index (κ2) is 15.0. The summed E-state index contributed by atoms with van der Waals surface area (Å²) in [4.78, 5) is 40.3. The SMILES string of the molecule is CC(C)(C)c1[nH]cnc1/C=c1\[nH]c(=O)/c(=C/c2ccccc2)nc1OCOC(=O)CCCc1cn([C@H]2O[C@H](CO)[C@@H](O)[C@H](O)[C@H]2O)nn1. The Labute approximate surface area is 274 Å². The highest BCUT2D eigenvalue weighted by Gasteiger charge is 2.44. The Morgan fingerprint density at radius 3 is 2.60 bits per heavy atom. The maximum Gasteiger partial charge on any atom is 0.308 e. The zero-order valence-electron chi connectivity index (χ0n) is 26.7. The van der Waals surface area contributed by atoms with Crippen LogP contribution in [0.15, 0.2) is 47.7 Å². The molecule has 0 saturated carbocycles. The number of benzene rings is 1. The normalized spacial score (nSPS) is 22.2.